The van der Waals surface area contributed by atoms with Crippen molar-refractivity contribution >= 4 is 17.6 Å². The Hall–Kier alpha value is -3.03. The third-order valence-corrected chi connectivity index (χ3v) is 3.92. The predicted molar refractivity (Wildman–Crippen MR) is 93.0 cm³/mol. The predicted octanol–water partition coefficient (Wildman–Crippen LogP) is 4.24. The van der Waals surface area contributed by atoms with Crippen LogP contribution in [-0.2, 0) is 10.2 Å². The van der Waals surface area contributed by atoms with Gasteiger partial charge in [0, 0.05) is 11.3 Å². The number of alkyl halides is 3. The molecule has 8 heteroatoms. The van der Waals surface area contributed by atoms with Crippen molar-refractivity contribution in [3.63, 3.8) is 0 Å². The van der Waals surface area contributed by atoms with Crippen LogP contribution in [0.2, 0.25) is 0 Å². The molecule has 2 rings (SSSR count). The molecule has 0 aromatic heterocycles. The fourth-order valence-electron chi connectivity index (χ4n) is 2.16. The summed E-state index contributed by atoms with van der Waals surface area (Å²) in [5.41, 5.74) is 0.222. The average Bonchev–Trinajstić information content (AvgIpc) is 2.60. The highest BCUT2D eigenvalue weighted by Crippen LogP contribution is 2.25. The smallest absolute Gasteiger partial charge is 0.422 e. The van der Waals surface area contributed by atoms with Crippen molar-refractivity contribution in [1.82, 2.24) is 0 Å². The van der Waals surface area contributed by atoms with Gasteiger partial charge in [-0.2, -0.15) is 13.2 Å². The molecule has 2 N–H and O–H groups in total. The highest BCUT2D eigenvalue weighted by molar-refractivity contribution is 6.04. The SMILES string of the molecule is CC(C)(C(=O)O)c1ccc(NC(=O)c2ccc(OCC(F)(F)F)cc2)cc1. The number of carboxylic acids is 1. The second-order valence-electron chi connectivity index (χ2n) is 6.39. The first kappa shape index (κ1) is 20.3. The Kier molecular flexibility index (Phi) is 5.78. The van der Waals surface area contributed by atoms with Gasteiger partial charge in [0.05, 0.1) is 5.41 Å². The fraction of sp³-hybridized carbons (Fsp3) is 0.263. The molecular weight excluding hydrogens is 363 g/mol. The van der Waals surface area contributed by atoms with E-state index in [4.69, 9.17) is 0 Å². The topological polar surface area (TPSA) is 75.6 Å². The van der Waals surface area contributed by atoms with Crippen LogP contribution < -0.4 is 10.1 Å². The number of nitrogens with one attached hydrogen (secondary N) is 1. The molecule has 2 aromatic rings. The zero-order valence-corrected chi connectivity index (χ0v) is 14.6. The zero-order chi connectivity index (χ0) is 20.2. The van der Waals surface area contributed by atoms with Crippen LogP contribution in [0, 0.1) is 0 Å². The molecule has 0 aliphatic heterocycles. The summed E-state index contributed by atoms with van der Waals surface area (Å²) >= 11 is 0. The summed E-state index contributed by atoms with van der Waals surface area (Å²) in [5.74, 6) is -1.42. The summed E-state index contributed by atoms with van der Waals surface area (Å²) in [7, 11) is 0. The number of halogens is 3. The quantitative estimate of drug-likeness (QED) is 0.785. The second kappa shape index (κ2) is 7.69. The van der Waals surface area contributed by atoms with Crippen molar-refractivity contribution in [2.24, 2.45) is 0 Å². The fourth-order valence-corrected chi connectivity index (χ4v) is 2.16. The first-order chi connectivity index (χ1) is 12.5. The van der Waals surface area contributed by atoms with Crippen LogP contribution in [0.15, 0.2) is 48.5 Å². The molecule has 0 bridgehead atoms. The number of rotatable bonds is 6. The monoisotopic (exact) mass is 381 g/mol. The summed E-state index contributed by atoms with van der Waals surface area (Å²) < 4.78 is 40.9. The Morgan fingerprint density at radius 1 is 1.00 bits per heavy atom. The van der Waals surface area contributed by atoms with Crippen LogP contribution in [0.1, 0.15) is 29.8 Å². The molecule has 0 spiro atoms. The van der Waals surface area contributed by atoms with Crippen LogP contribution in [0.4, 0.5) is 18.9 Å². The summed E-state index contributed by atoms with van der Waals surface area (Å²) in [6.07, 6.45) is -4.43. The van der Waals surface area contributed by atoms with Gasteiger partial charge in [-0.25, -0.2) is 0 Å². The van der Waals surface area contributed by atoms with Crippen LogP contribution >= 0.6 is 0 Å². The van der Waals surface area contributed by atoms with Crippen molar-refractivity contribution in [1.29, 1.82) is 0 Å². The van der Waals surface area contributed by atoms with Gasteiger partial charge in [-0.15, -0.1) is 0 Å². The van der Waals surface area contributed by atoms with Gasteiger partial charge < -0.3 is 15.2 Å². The summed E-state index contributed by atoms with van der Waals surface area (Å²) in [6.45, 7) is 1.74. The molecule has 0 saturated heterocycles. The number of benzene rings is 2. The lowest BCUT2D eigenvalue weighted by Gasteiger charge is -2.19. The third-order valence-electron chi connectivity index (χ3n) is 3.92. The Morgan fingerprint density at radius 2 is 1.56 bits per heavy atom. The largest absolute Gasteiger partial charge is 0.484 e. The van der Waals surface area contributed by atoms with E-state index in [9.17, 15) is 27.9 Å². The van der Waals surface area contributed by atoms with E-state index >= 15 is 0 Å². The number of carbonyl (C=O) groups excluding carboxylic acids is 1. The average molecular weight is 381 g/mol. The highest BCUT2D eigenvalue weighted by atomic mass is 19.4. The van der Waals surface area contributed by atoms with Gasteiger partial charge in [-0.1, -0.05) is 12.1 Å². The maximum Gasteiger partial charge on any atom is 0.422 e. The number of anilines is 1. The summed E-state index contributed by atoms with van der Waals surface area (Å²) in [4.78, 5) is 23.5. The number of carbonyl (C=O) groups is 2. The van der Waals surface area contributed by atoms with Gasteiger partial charge in [0.25, 0.3) is 5.91 Å². The Balaban J connectivity index is 2.02. The molecule has 0 heterocycles. The molecule has 0 radical (unpaired) electrons. The molecular formula is C19H18F3NO4. The summed E-state index contributed by atoms with van der Waals surface area (Å²) in [6, 6.07) is 11.6. The maximum atomic E-state index is 12.2. The number of ether oxygens (including phenoxy) is 1. The van der Waals surface area contributed by atoms with Gasteiger partial charge in [0.2, 0.25) is 0 Å². The van der Waals surface area contributed by atoms with Gasteiger partial charge in [-0.05, 0) is 55.8 Å². The molecule has 0 atom stereocenters. The van der Waals surface area contributed by atoms with Crippen LogP contribution in [-0.4, -0.2) is 29.8 Å². The van der Waals surface area contributed by atoms with Gasteiger partial charge >= 0.3 is 12.1 Å². The Labute approximate surface area is 153 Å². The minimum Gasteiger partial charge on any atom is -0.484 e. The van der Waals surface area contributed by atoms with E-state index in [0.717, 1.165) is 0 Å². The van der Waals surface area contributed by atoms with Crippen LogP contribution in [0.25, 0.3) is 0 Å². The normalized spacial score (nSPS) is 11.7. The molecule has 27 heavy (non-hydrogen) atoms. The highest BCUT2D eigenvalue weighted by Gasteiger charge is 2.29. The second-order valence-corrected chi connectivity index (χ2v) is 6.39. The lowest BCUT2D eigenvalue weighted by Crippen LogP contribution is -2.28. The van der Waals surface area contributed by atoms with Gasteiger partial charge in [-0.3, -0.25) is 9.59 Å². The lowest BCUT2D eigenvalue weighted by molar-refractivity contribution is -0.153. The standard InChI is InChI=1S/C19H18F3NO4/c1-18(2,17(25)26)13-5-7-14(8-6-13)23-16(24)12-3-9-15(10-4-12)27-11-19(20,21)22/h3-10H,11H2,1-2H3,(H,23,24)(H,25,26). The van der Waals surface area contributed by atoms with E-state index in [-0.39, 0.29) is 11.3 Å². The first-order valence-corrected chi connectivity index (χ1v) is 7.94. The number of amides is 1. The maximum absolute atomic E-state index is 12.2. The molecule has 0 unspecified atom stereocenters. The number of aliphatic carboxylic acids is 1. The van der Waals surface area contributed by atoms with E-state index in [2.05, 4.69) is 10.1 Å². The molecule has 1 amide bonds. The number of hydrogen-bond donors (Lipinski definition) is 2. The van der Waals surface area contributed by atoms with Crippen LogP contribution in [0.3, 0.4) is 0 Å². The van der Waals surface area contributed by atoms with E-state index in [0.29, 0.717) is 11.3 Å². The van der Waals surface area contributed by atoms with E-state index in [1.165, 1.54) is 24.3 Å². The molecule has 0 aliphatic rings. The molecule has 0 fully saturated rings. The summed E-state index contributed by atoms with van der Waals surface area (Å²) in [5, 5.41) is 11.9. The minimum absolute atomic E-state index is 0.00382. The van der Waals surface area contributed by atoms with E-state index in [1.54, 1.807) is 38.1 Å². The molecule has 5 nitrogen and oxygen atoms in total. The minimum atomic E-state index is -4.43. The Bertz CT molecular complexity index is 812. The van der Waals surface area contributed by atoms with E-state index in [1.807, 2.05) is 0 Å². The van der Waals surface area contributed by atoms with Crippen molar-refractivity contribution in [2.75, 3.05) is 11.9 Å². The van der Waals surface area contributed by atoms with Gasteiger partial charge in [0.15, 0.2) is 6.61 Å². The van der Waals surface area contributed by atoms with Gasteiger partial charge in [0.1, 0.15) is 5.75 Å². The van der Waals surface area contributed by atoms with Crippen molar-refractivity contribution in [3.8, 4) is 5.75 Å². The third kappa shape index (κ3) is 5.47. The van der Waals surface area contributed by atoms with Crippen molar-refractivity contribution in [2.45, 2.75) is 25.4 Å². The van der Waals surface area contributed by atoms with Crippen molar-refractivity contribution < 1.29 is 32.6 Å². The lowest BCUT2D eigenvalue weighted by atomic mass is 9.85. The van der Waals surface area contributed by atoms with Crippen molar-refractivity contribution in [3.05, 3.63) is 59.7 Å². The van der Waals surface area contributed by atoms with Crippen LogP contribution in [0.5, 0.6) is 5.75 Å². The molecule has 0 aliphatic carbocycles. The number of carboxylic acid groups (broad SMARTS) is 1. The molecule has 2 aromatic carbocycles. The Morgan fingerprint density at radius 3 is 2.04 bits per heavy atom. The molecule has 0 saturated carbocycles. The molecule has 144 valence electrons. The first-order valence-electron chi connectivity index (χ1n) is 7.94. The number of hydrogen-bond acceptors (Lipinski definition) is 3. The zero-order valence-electron chi connectivity index (χ0n) is 14.6. The van der Waals surface area contributed by atoms with E-state index < -0.39 is 30.1 Å².